The van der Waals surface area contributed by atoms with Crippen LogP contribution in [0.25, 0.3) is 0 Å². The topological polar surface area (TPSA) is 96.9 Å². The summed E-state index contributed by atoms with van der Waals surface area (Å²) in [6.45, 7) is 1.89. The minimum absolute atomic E-state index is 0.127. The van der Waals surface area contributed by atoms with E-state index in [2.05, 4.69) is 15.8 Å². The summed E-state index contributed by atoms with van der Waals surface area (Å²) in [6.07, 6.45) is 1.34. The molecular formula is C23H17Cl2N3O4. The van der Waals surface area contributed by atoms with Gasteiger partial charge < -0.3 is 10.1 Å². The van der Waals surface area contributed by atoms with E-state index >= 15 is 0 Å². The number of carbonyl (C=O) groups excluding carboxylic acids is 3. The molecule has 2 amide bonds. The molecule has 0 heterocycles. The van der Waals surface area contributed by atoms with Crippen LogP contribution in [-0.4, -0.2) is 24.0 Å². The van der Waals surface area contributed by atoms with Gasteiger partial charge in [0.1, 0.15) is 5.75 Å². The molecule has 0 saturated heterocycles. The molecule has 0 spiro atoms. The second-order valence-electron chi connectivity index (χ2n) is 6.58. The van der Waals surface area contributed by atoms with Gasteiger partial charge in [-0.2, -0.15) is 5.10 Å². The highest BCUT2D eigenvalue weighted by molar-refractivity contribution is 6.45. The smallest absolute Gasteiger partial charge is 0.343 e. The molecule has 0 aliphatic rings. The van der Waals surface area contributed by atoms with Gasteiger partial charge in [-0.05, 0) is 61.0 Å². The molecule has 9 heteroatoms. The molecule has 32 heavy (non-hydrogen) atoms. The Hall–Kier alpha value is -3.68. The SMILES string of the molecule is Cc1cccc(C(=O)Oc2ccc(/C=N\NC(=O)C(=O)Nc3cccc(Cl)c3Cl)cc2)c1. The van der Waals surface area contributed by atoms with E-state index in [1.54, 1.807) is 54.6 Å². The molecule has 3 aromatic rings. The molecule has 0 aromatic heterocycles. The number of halogens is 2. The number of hydrogen-bond acceptors (Lipinski definition) is 5. The summed E-state index contributed by atoms with van der Waals surface area (Å²) < 4.78 is 5.33. The van der Waals surface area contributed by atoms with Crippen LogP contribution in [0.5, 0.6) is 5.75 Å². The summed E-state index contributed by atoms with van der Waals surface area (Å²) in [5.74, 6) is -2.05. The zero-order valence-electron chi connectivity index (χ0n) is 16.8. The molecule has 0 aliphatic heterocycles. The van der Waals surface area contributed by atoms with Crippen molar-refractivity contribution in [1.29, 1.82) is 0 Å². The van der Waals surface area contributed by atoms with E-state index in [0.717, 1.165) is 5.56 Å². The highest BCUT2D eigenvalue weighted by Crippen LogP contribution is 2.29. The summed E-state index contributed by atoms with van der Waals surface area (Å²) >= 11 is 11.8. The number of nitrogens with zero attached hydrogens (tertiary/aromatic N) is 1. The summed E-state index contributed by atoms with van der Waals surface area (Å²) in [4.78, 5) is 36.0. The Balaban J connectivity index is 1.53. The fourth-order valence-electron chi connectivity index (χ4n) is 2.56. The predicted molar refractivity (Wildman–Crippen MR) is 123 cm³/mol. The molecule has 3 rings (SSSR count). The number of anilines is 1. The molecule has 3 aromatic carbocycles. The van der Waals surface area contributed by atoms with E-state index in [1.807, 2.05) is 13.0 Å². The molecule has 0 radical (unpaired) electrons. The van der Waals surface area contributed by atoms with Gasteiger partial charge in [-0.15, -0.1) is 0 Å². The summed E-state index contributed by atoms with van der Waals surface area (Å²) in [6, 6.07) is 18.2. The molecular weight excluding hydrogens is 453 g/mol. The van der Waals surface area contributed by atoms with Crippen molar-refractivity contribution in [3.8, 4) is 5.75 Å². The van der Waals surface area contributed by atoms with E-state index in [4.69, 9.17) is 27.9 Å². The van der Waals surface area contributed by atoms with Crippen LogP contribution in [0.4, 0.5) is 5.69 Å². The molecule has 7 nitrogen and oxygen atoms in total. The van der Waals surface area contributed by atoms with Crippen LogP contribution in [-0.2, 0) is 9.59 Å². The lowest BCUT2D eigenvalue weighted by Crippen LogP contribution is -2.32. The Kier molecular flexibility index (Phi) is 7.59. The minimum Gasteiger partial charge on any atom is -0.423 e. The van der Waals surface area contributed by atoms with E-state index in [9.17, 15) is 14.4 Å². The van der Waals surface area contributed by atoms with Gasteiger partial charge in [0.15, 0.2) is 0 Å². The van der Waals surface area contributed by atoms with E-state index < -0.39 is 17.8 Å². The van der Waals surface area contributed by atoms with Crippen LogP contribution in [0.2, 0.25) is 10.0 Å². The zero-order chi connectivity index (χ0) is 23.1. The Labute approximate surface area is 194 Å². The number of nitrogens with one attached hydrogen (secondary N) is 2. The number of ether oxygens (including phenoxy) is 1. The van der Waals surface area contributed by atoms with Crippen LogP contribution in [0.15, 0.2) is 71.8 Å². The van der Waals surface area contributed by atoms with Crippen molar-refractivity contribution >= 4 is 52.9 Å². The fraction of sp³-hybridized carbons (Fsp3) is 0.0435. The monoisotopic (exact) mass is 469 g/mol. The van der Waals surface area contributed by atoms with Gasteiger partial charge in [0.05, 0.1) is 27.5 Å². The van der Waals surface area contributed by atoms with Gasteiger partial charge in [0, 0.05) is 0 Å². The minimum atomic E-state index is -0.985. The summed E-state index contributed by atoms with van der Waals surface area (Å²) in [5.41, 5.74) is 4.34. The first-order valence-corrected chi connectivity index (χ1v) is 10.1. The van der Waals surface area contributed by atoms with Gasteiger partial charge in [-0.3, -0.25) is 9.59 Å². The van der Waals surface area contributed by atoms with Crippen molar-refractivity contribution in [1.82, 2.24) is 5.43 Å². The molecule has 0 fully saturated rings. The number of amides is 2. The van der Waals surface area contributed by atoms with Gasteiger partial charge in [-0.25, -0.2) is 10.2 Å². The molecule has 0 aliphatic carbocycles. The van der Waals surface area contributed by atoms with Crippen LogP contribution < -0.4 is 15.5 Å². The van der Waals surface area contributed by atoms with Crippen molar-refractivity contribution in [3.05, 3.63) is 93.5 Å². The third-order valence-electron chi connectivity index (χ3n) is 4.13. The molecule has 0 bridgehead atoms. The van der Waals surface area contributed by atoms with Crippen molar-refractivity contribution in [2.45, 2.75) is 6.92 Å². The van der Waals surface area contributed by atoms with E-state index in [0.29, 0.717) is 16.9 Å². The highest BCUT2D eigenvalue weighted by Gasteiger charge is 2.15. The van der Waals surface area contributed by atoms with Crippen LogP contribution >= 0.6 is 23.2 Å². The van der Waals surface area contributed by atoms with Crippen molar-refractivity contribution in [2.24, 2.45) is 5.10 Å². The number of hydrazone groups is 1. The number of rotatable bonds is 5. The van der Waals surface area contributed by atoms with Gasteiger partial charge in [0.2, 0.25) is 0 Å². The lowest BCUT2D eigenvalue weighted by atomic mass is 10.1. The summed E-state index contributed by atoms with van der Waals surface area (Å²) in [7, 11) is 0. The van der Waals surface area contributed by atoms with Crippen molar-refractivity contribution in [2.75, 3.05) is 5.32 Å². The number of benzene rings is 3. The lowest BCUT2D eigenvalue weighted by Gasteiger charge is -2.07. The third-order valence-corrected chi connectivity index (χ3v) is 4.95. The average molecular weight is 470 g/mol. The van der Waals surface area contributed by atoms with Crippen molar-refractivity contribution in [3.63, 3.8) is 0 Å². The molecule has 0 atom stereocenters. The van der Waals surface area contributed by atoms with Crippen LogP contribution in [0.1, 0.15) is 21.5 Å². The van der Waals surface area contributed by atoms with Crippen molar-refractivity contribution < 1.29 is 19.1 Å². The Bertz CT molecular complexity index is 1190. The molecule has 0 unspecified atom stereocenters. The fourth-order valence-corrected chi connectivity index (χ4v) is 2.90. The maximum atomic E-state index is 12.2. The van der Waals surface area contributed by atoms with E-state index in [1.165, 1.54) is 12.3 Å². The maximum absolute atomic E-state index is 12.2. The highest BCUT2D eigenvalue weighted by atomic mass is 35.5. The second kappa shape index (κ2) is 10.6. The third kappa shape index (κ3) is 6.16. The molecule has 2 N–H and O–H groups in total. The Morgan fingerprint density at radius 1 is 0.938 bits per heavy atom. The van der Waals surface area contributed by atoms with Gasteiger partial charge in [0.25, 0.3) is 0 Å². The zero-order valence-corrected chi connectivity index (χ0v) is 18.3. The Morgan fingerprint density at radius 3 is 2.38 bits per heavy atom. The molecule has 0 saturated carbocycles. The molecule has 162 valence electrons. The second-order valence-corrected chi connectivity index (χ2v) is 7.37. The van der Waals surface area contributed by atoms with Gasteiger partial charge >= 0.3 is 17.8 Å². The van der Waals surface area contributed by atoms with Crippen LogP contribution in [0, 0.1) is 6.92 Å². The number of aryl methyl sites for hydroxylation is 1. The standard InChI is InChI=1S/C23H17Cl2N3O4/c1-14-4-2-5-16(12-14)23(31)32-17-10-8-15(9-11-17)13-26-28-22(30)21(29)27-19-7-3-6-18(24)20(19)25/h2-13H,1H3,(H,27,29)(H,28,30)/b26-13-. The number of carbonyl (C=O) groups is 3. The first-order chi connectivity index (χ1) is 15.3. The lowest BCUT2D eigenvalue weighted by molar-refractivity contribution is -0.136. The maximum Gasteiger partial charge on any atom is 0.343 e. The summed E-state index contributed by atoms with van der Waals surface area (Å²) in [5, 5.41) is 6.47. The van der Waals surface area contributed by atoms with Gasteiger partial charge in [-0.1, -0.05) is 47.0 Å². The van der Waals surface area contributed by atoms with Crippen LogP contribution in [0.3, 0.4) is 0 Å². The quantitative estimate of drug-likeness (QED) is 0.187. The first-order valence-electron chi connectivity index (χ1n) is 9.31. The first kappa shape index (κ1) is 23.0. The number of esters is 1. The van der Waals surface area contributed by atoms with E-state index in [-0.39, 0.29) is 15.7 Å². The number of hydrogen-bond donors (Lipinski definition) is 2. The predicted octanol–water partition coefficient (Wildman–Crippen LogP) is 4.61. The largest absolute Gasteiger partial charge is 0.423 e. The Morgan fingerprint density at radius 2 is 1.66 bits per heavy atom. The average Bonchev–Trinajstić information content (AvgIpc) is 2.78. The normalized spacial score (nSPS) is 10.6.